The average Bonchev–Trinajstić information content (AvgIpc) is 3.05. The maximum Gasteiger partial charge on any atom is 0.417 e. The molecule has 1 aliphatic rings. The molecule has 5 rings (SSSR count). The molecule has 2 heterocycles. The Bertz CT molecular complexity index is 1730. The van der Waals surface area contributed by atoms with Crippen molar-refractivity contribution < 1.29 is 35.9 Å². The van der Waals surface area contributed by atoms with E-state index in [2.05, 4.69) is 9.71 Å². The molecule has 0 radical (unpaired) electrons. The zero-order chi connectivity index (χ0) is 33.7. The molecule has 0 amide bonds. The molecule has 1 fully saturated rings. The highest BCUT2D eigenvalue weighted by molar-refractivity contribution is 7.92. The topological polar surface area (TPSA) is 102 Å². The van der Waals surface area contributed by atoms with Gasteiger partial charge in [-0.3, -0.25) is 14.3 Å². The molecule has 4 aromatic rings. The van der Waals surface area contributed by atoms with Gasteiger partial charge in [-0.15, -0.1) is 0 Å². The number of Topliss-reactive ketones (excluding diaryl/α,β-unsaturated/α-hetero) is 1. The highest BCUT2D eigenvalue weighted by atomic mass is 32.2. The molecule has 7 nitrogen and oxygen atoms in total. The van der Waals surface area contributed by atoms with Crippen LogP contribution in [0.3, 0.4) is 0 Å². The van der Waals surface area contributed by atoms with E-state index < -0.39 is 50.2 Å². The molecule has 1 aliphatic heterocycles. The second-order valence-corrected chi connectivity index (χ2v) is 13.5. The summed E-state index contributed by atoms with van der Waals surface area (Å²) in [5.41, 5.74) is 0.769. The second-order valence-electron chi connectivity index (χ2n) is 11.8. The molecule has 1 aromatic heterocycles. The van der Waals surface area contributed by atoms with Gasteiger partial charge in [-0.1, -0.05) is 79.7 Å². The lowest BCUT2D eigenvalue weighted by Crippen LogP contribution is -2.49. The highest BCUT2D eigenvalue weighted by Crippen LogP contribution is 2.41. The number of ether oxygens (including phenoxy) is 1. The monoisotopic (exact) mass is 664 g/mol. The molecule has 2 atom stereocenters. The van der Waals surface area contributed by atoms with E-state index in [1.165, 1.54) is 12.1 Å². The number of benzene rings is 3. The quantitative estimate of drug-likeness (QED) is 0.124. The van der Waals surface area contributed by atoms with Crippen LogP contribution < -0.4 is 4.72 Å². The Hall–Kier alpha value is -4.51. The maximum absolute atomic E-state index is 13.9. The van der Waals surface area contributed by atoms with Crippen LogP contribution in [-0.4, -0.2) is 30.8 Å². The van der Waals surface area contributed by atoms with Crippen molar-refractivity contribution >= 4 is 27.5 Å². The number of hydrogen-bond donors (Lipinski definition) is 1. The number of nitrogens with one attached hydrogen (secondary N) is 1. The summed E-state index contributed by atoms with van der Waals surface area (Å²) < 4.78 is 73.2. The summed E-state index contributed by atoms with van der Waals surface area (Å²) in [6.07, 6.45) is -1.51. The van der Waals surface area contributed by atoms with Crippen LogP contribution >= 0.6 is 0 Å². The molecular formula is C36H35F3N2O5S. The maximum atomic E-state index is 13.9. The minimum atomic E-state index is -4.66. The fraction of sp³-hybridized carbons (Fsp3) is 0.306. The number of hydrogen-bond acceptors (Lipinski definition) is 6. The Morgan fingerprint density at radius 2 is 1.51 bits per heavy atom. The van der Waals surface area contributed by atoms with Crippen LogP contribution in [0.5, 0.6) is 0 Å². The molecule has 246 valence electrons. The molecule has 0 bridgehead atoms. The third kappa shape index (κ3) is 8.26. The third-order valence-electron chi connectivity index (χ3n) is 8.59. The van der Waals surface area contributed by atoms with Gasteiger partial charge in [0.15, 0.2) is 10.8 Å². The van der Waals surface area contributed by atoms with Gasteiger partial charge in [-0.25, -0.2) is 4.98 Å². The number of sulfonamides is 1. The fourth-order valence-corrected chi connectivity index (χ4v) is 7.09. The van der Waals surface area contributed by atoms with Gasteiger partial charge in [0.25, 0.3) is 10.0 Å². The van der Waals surface area contributed by atoms with Gasteiger partial charge in [0, 0.05) is 24.2 Å². The summed E-state index contributed by atoms with van der Waals surface area (Å²) in [4.78, 5) is 31.2. The predicted octanol–water partition coefficient (Wildman–Crippen LogP) is 7.53. The van der Waals surface area contributed by atoms with E-state index in [0.29, 0.717) is 49.9 Å². The zero-order valence-corrected chi connectivity index (χ0v) is 26.6. The number of anilines is 1. The Balaban J connectivity index is 1.35. The van der Waals surface area contributed by atoms with Crippen LogP contribution in [0.25, 0.3) is 0 Å². The van der Waals surface area contributed by atoms with Crippen LogP contribution in [0, 0.1) is 5.92 Å². The van der Waals surface area contributed by atoms with E-state index in [1.807, 2.05) is 67.6 Å². The summed E-state index contributed by atoms with van der Waals surface area (Å²) in [5.74, 6) is -2.50. The first kappa shape index (κ1) is 33.8. The number of carbonyl (C=O) groups excluding carboxylic acids is 2. The number of aromatic nitrogens is 1. The summed E-state index contributed by atoms with van der Waals surface area (Å²) in [5, 5.41) is -0.587. The van der Waals surface area contributed by atoms with Gasteiger partial charge in [0.1, 0.15) is 11.5 Å². The first-order valence-electron chi connectivity index (χ1n) is 15.4. The van der Waals surface area contributed by atoms with Crippen LogP contribution in [0.2, 0.25) is 0 Å². The van der Waals surface area contributed by atoms with E-state index in [-0.39, 0.29) is 17.9 Å². The lowest BCUT2D eigenvalue weighted by atomic mass is 9.74. The van der Waals surface area contributed by atoms with E-state index >= 15 is 0 Å². The van der Waals surface area contributed by atoms with E-state index in [4.69, 9.17) is 4.74 Å². The molecule has 1 N–H and O–H groups in total. The van der Waals surface area contributed by atoms with Crippen molar-refractivity contribution in [1.82, 2.24) is 4.98 Å². The zero-order valence-electron chi connectivity index (χ0n) is 25.7. The van der Waals surface area contributed by atoms with Gasteiger partial charge >= 0.3 is 12.1 Å². The largest absolute Gasteiger partial charge is 0.458 e. The van der Waals surface area contributed by atoms with Crippen molar-refractivity contribution in [2.24, 2.45) is 5.92 Å². The van der Waals surface area contributed by atoms with Gasteiger partial charge in [-0.05, 0) is 73.1 Å². The minimum absolute atomic E-state index is 0.0610. The van der Waals surface area contributed by atoms with Crippen LogP contribution in [0.15, 0.2) is 108 Å². The van der Waals surface area contributed by atoms with E-state index in [0.717, 1.165) is 17.2 Å². The number of rotatable bonds is 12. The Morgan fingerprint density at radius 3 is 2.02 bits per heavy atom. The molecule has 3 aromatic carbocycles. The lowest BCUT2D eigenvalue weighted by Gasteiger charge is -2.41. The van der Waals surface area contributed by atoms with Gasteiger partial charge in [0.2, 0.25) is 0 Å². The Labute approximate surface area is 272 Å². The first-order chi connectivity index (χ1) is 22.4. The summed E-state index contributed by atoms with van der Waals surface area (Å²) >= 11 is 0. The number of alkyl halides is 3. The van der Waals surface area contributed by atoms with Gasteiger partial charge in [-0.2, -0.15) is 21.6 Å². The number of nitrogens with zero attached hydrogens (tertiary/aromatic N) is 1. The van der Waals surface area contributed by atoms with Crippen LogP contribution in [-0.2, 0) is 43.4 Å². The Kier molecular flexibility index (Phi) is 10.1. The number of carbonyl (C=O) groups is 2. The lowest BCUT2D eigenvalue weighted by molar-refractivity contribution is -0.180. The van der Waals surface area contributed by atoms with Crippen molar-refractivity contribution in [3.05, 3.63) is 126 Å². The number of ketones is 1. The minimum Gasteiger partial charge on any atom is -0.458 e. The first-order valence-corrected chi connectivity index (χ1v) is 16.9. The smallest absolute Gasteiger partial charge is 0.417 e. The normalized spacial score (nSPS) is 17.1. The summed E-state index contributed by atoms with van der Waals surface area (Å²) in [6, 6.07) is 27.3. The summed E-state index contributed by atoms with van der Waals surface area (Å²) in [6.45, 7) is 1.83. The summed E-state index contributed by atoms with van der Waals surface area (Å²) in [7, 11) is -4.33. The average molecular weight is 665 g/mol. The Morgan fingerprint density at radius 1 is 0.894 bits per heavy atom. The number of pyridine rings is 1. The molecule has 1 saturated heterocycles. The van der Waals surface area contributed by atoms with E-state index in [9.17, 15) is 31.2 Å². The molecule has 47 heavy (non-hydrogen) atoms. The van der Waals surface area contributed by atoms with Crippen molar-refractivity contribution in [2.75, 3.05) is 4.72 Å². The molecule has 0 aliphatic carbocycles. The van der Waals surface area contributed by atoms with Crippen LogP contribution in [0.4, 0.5) is 18.9 Å². The SMILES string of the molecule is CCC(c1cccc(NS(=O)(=O)c2ccc(C(F)(F)F)cn2)c1)C1C(=O)CC(CCc2ccccc2)(CCc2ccccc2)OC1=O. The predicted molar refractivity (Wildman–Crippen MR) is 171 cm³/mol. The number of halogens is 3. The molecular weight excluding hydrogens is 629 g/mol. The van der Waals surface area contributed by atoms with Gasteiger partial charge < -0.3 is 4.74 Å². The molecule has 0 saturated carbocycles. The van der Waals surface area contributed by atoms with Crippen molar-refractivity contribution in [3.63, 3.8) is 0 Å². The molecule has 0 spiro atoms. The number of esters is 1. The molecule has 11 heteroatoms. The highest BCUT2D eigenvalue weighted by Gasteiger charge is 2.49. The number of aryl methyl sites for hydroxylation is 2. The van der Waals surface area contributed by atoms with Crippen molar-refractivity contribution in [2.45, 2.75) is 68.2 Å². The van der Waals surface area contributed by atoms with Crippen LogP contribution in [0.1, 0.15) is 60.8 Å². The number of cyclic esters (lactones) is 1. The van der Waals surface area contributed by atoms with Gasteiger partial charge in [0.05, 0.1) is 5.56 Å². The third-order valence-corrected chi connectivity index (χ3v) is 9.88. The van der Waals surface area contributed by atoms with Crippen molar-refractivity contribution in [1.29, 1.82) is 0 Å². The second kappa shape index (κ2) is 14.1. The fourth-order valence-electron chi connectivity index (χ4n) is 6.11. The van der Waals surface area contributed by atoms with E-state index in [1.54, 1.807) is 12.1 Å². The van der Waals surface area contributed by atoms with Crippen molar-refractivity contribution in [3.8, 4) is 0 Å². The molecule has 2 unspecified atom stereocenters. The standard InChI is InChI=1S/C36H35F3N2O5S/c1-2-30(27-14-9-15-29(22-27)41-47(44,45)32-17-16-28(24-40-32)36(37,38)39)33-31(42)23-35(46-34(33)43,20-18-25-10-5-3-6-11-25)21-19-26-12-7-4-8-13-26/h3-17,22,24,30,33,41H,2,18-21,23H2,1H3.